The van der Waals surface area contributed by atoms with Crippen molar-refractivity contribution >= 4 is 10.8 Å². The molecule has 0 bridgehead atoms. The van der Waals surface area contributed by atoms with Crippen LogP contribution in [-0.2, 0) is 13.1 Å². The molecule has 0 spiro atoms. The number of pyridine rings is 1. The van der Waals surface area contributed by atoms with Crippen molar-refractivity contribution in [1.29, 1.82) is 0 Å². The van der Waals surface area contributed by atoms with Gasteiger partial charge in [0.25, 0.3) is 0 Å². The minimum Gasteiger partial charge on any atom is -0.336 e. The van der Waals surface area contributed by atoms with Gasteiger partial charge in [0.05, 0.1) is 6.33 Å². The van der Waals surface area contributed by atoms with Crippen molar-refractivity contribution in [1.82, 2.24) is 19.9 Å². The second-order valence-electron chi connectivity index (χ2n) is 5.10. The summed E-state index contributed by atoms with van der Waals surface area (Å²) in [6.07, 6.45) is 9.38. The third-order valence-corrected chi connectivity index (χ3v) is 3.40. The maximum atomic E-state index is 4.13. The molecule has 4 heteroatoms. The Labute approximate surface area is 118 Å². The monoisotopic (exact) mass is 266 g/mol. The van der Waals surface area contributed by atoms with Gasteiger partial charge >= 0.3 is 0 Å². The maximum Gasteiger partial charge on any atom is 0.0946 e. The van der Waals surface area contributed by atoms with E-state index < -0.39 is 0 Å². The van der Waals surface area contributed by atoms with Gasteiger partial charge in [0.1, 0.15) is 0 Å². The Kier molecular flexibility index (Phi) is 3.74. The number of nitrogens with zero attached hydrogens (tertiary/aromatic N) is 3. The number of benzene rings is 1. The topological polar surface area (TPSA) is 42.7 Å². The summed E-state index contributed by atoms with van der Waals surface area (Å²) >= 11 is 0. The molecule has 1 unspecified atom stereocenters. The molecular weight excluding hydrogens is 248 g/mol. The number of rotatable bonds is 5. The van der Waals surface area contributed by atoms with Gasteiger partial charge < -0.3 is 9.88 Å². The van der Waals surface area contributed by atoms with Gasteiger partial charge in [-0.2, -0.15) is 0 Å². The summed E-state index contributed by atoms with van der Waals surface area (Å²) in [7, 11) is 0. The smallest absolute Gasteiger partial charge is 0.0946 e. The van der Waals surface area contributed by atoms with Gasteiger partial charge in [0.2, 0.25) is 0 Å². The molecule has 3 rings (SSSR count). The number of aromatic nitrogens is 3. The molecule has 1 N–H and O–H groups in total. The van der Waals surface area contributed by atoms with Crippen molar-refractivity contribution in [2.75, 3.05) is 0 Å². The highest BCUT2D eigenvalue weighted by Crippen LogP contribution is 2.14. The second-order valence-corrected chi connectivity index (χ2v) is 5.10. The molecule has 0 aliphatic carbocycles. The fraction of sp³-hybridized carbons (Fsp3) is 0.250. The van der Waals surface area contributed by atoms with E-state index in [1.807, 2.05) is 37.2 Å². The highest BCUT2D eigenvalue weighted by Gasteiger charge is 2.03. The number of hydrogen-bond donors (Lipinski definition) is 1. The Hall–Kier alpha value is -2.20. The summed E-state index contributed by atoms with van der Waals surface area (Å²) in [6.45, 7) is 3.98. The van der Waals surface area contributed by atoms with E-state index in [-0.39, 0.29) is 0 Å². The maximum absolute atomic E-state index is 4.13. The van der Waals surface area contributed by atoms with E-state index in [9.17, 15) is 0 Å². The van der Waals surface area contributed by atoms with Gasteiger partial charge in [-0.3, -0.25) is 4.98 Å². The first kappa shape index (κ1) is 12.8. The van der Waals surface area contributed by atoms with Gasteiger partial charge in [-0.15, -0.1) is 0 Å². The first-order valence-corrected chi connectivity index (χ1v) is 6.83. The molecule has 20 heavy (non-hydrogen) atoms. The summed E-state index contributed by atoms with van der Waals surface area (Å²) in [5.41, 5.74) is 1.29. The standard InChI is InChI=1S/C16H18N4/c1-13(11-20-7-6-18-12-20)19-9-14-2-3-16-10-17-5-4-15(16)8-14/h2-8,10,12-13,19H,9,11H2,1H3. The molecule has 2 aromatic heterocycles. The SMILES string of the molecule is CC(Cn1ccnc1)NCc1ccc2cnccc2c1. The van der Waals surface area contributed by atoms with Crippen LogP contribution in [-0.4, -0.2) is 20.6 Å². The normalized spacial score (nSPS) is 12.7. The fourth-order valence-electron chi connectivity index (χ4n) is 2.31. The Balaban J connectivity index is 1.61. The van der Waals surface area contributed by atoms with E-state index in [1.165, 1.54) is 16.3 Å². The lowest BCUT2D eigenvalue weighted by Crippen LogP contribution is -2.29. The molecule has 0 radical (unpaired) electrons. The number of imidazole rings is 1. The van der Waals surface area contributed by atoms with Crippen LogP contribution in [0.5, 0.6) is 0 Å². The molecule has 0 fully saturated rings. The van der Waals surface area contributed by atoms with Crippen LogP contribution in [0.2, 0.25) is 0 Å². The van der Waals surface area contributed by atoms with E-state index in [2.05, 4.69) is 45.0 Å². The molecule has 0 saturated heterocycles. The van der Waals surface area contributed by atoms with Crippen LogP contribution in [0.4, 0.5) is 0 Å². The average Bonchev–Trinajstić information content (AvgIpc) is 2.98. The summed E-state index contributed by atoms with van der Waals surface area (Å²) in [5.74, 6) is 0. The molecule has 0 aliphatic rings. The Morgan fingerprint density at radius 2 is 2.10 bits per heavy atom. The minimum absolute atomic E-state index is 0.400. The quantitative estimate of drug-likeness (QED) is 0.772. The first-order valence-electron chi connectivity index (χ1n) is 6.83. The van der Waals surface area contributed by atoms with Crippen molar-refractivity contribution in [3.63, 3.8) is 0 Å². The Morgan fingerprint density at radius 3 is 2.95 bits per heavy atom. The Morgan fingerprint density at radius 1 is 1.15 bits per heavy atom. The van der Waals surface area contributed by atoms with E-state index in [4.69, 9.17) is 0 Å². The summed E-state index contributed by atoms with van der Waals surface area (Å²) < 4.78 is 2.09. The molecule has 1 atom stereocenters. The lowest BCUT2D eigenvalue weighted by molar-refractivity contribution is 0.476. The highest BCUT2D eigenvalue weighted by atomic mass is 15.1. The predicted molar refractivity (Wildman–Crippen MR) is 80.3 cm³/mol. The molecule has 0 saturated carbocycles. The zero-order valence-corrected chi connectivity index (χ0v) is 11.5. The van der Waals surface area contributed by atoms with E-state index >= 15 is 0 Å². The minimum atomic E-state index is 0.400. The largest absolute Gasteiger partial charge is 0.336 e. The third kappa shape index (κ3) is 3.03. The second kappa shape index (κ2) is 5.84. The average molecular weight is 266 g/mol. The number of hydrogen-bond acceptors (Lipinski definition) is 3. The van der Waals surface area contributed by atoms with Gasteiger partial charge in [-0.1, -0.05) is 12.1 Å². The molecule has 1 aromatic carbocycles. The Bertz CT molecular complexity index is 676. The first-order chi connectivity index (χ1) is 9.81. The van der Waals surface area contributed by atoms with Crippen LogP contribution in [0.3, 0.4) is 0 Å². The zero-order chi connectivity index (χ0) is 13.8. The predicted octanol–water partition coefficient (Wildman–Crippen LogP) is 2.61. The van der Waals surface area contributed by atoms with Gasteiger partial charge in [-0.05, 0) is 30.0 Å². The van der Waals surface area contributed by atoms with Crippen LogP contribution in [0.25, 0.3) is 10.8 Å². The van der Waals surface area contributed by atoms with Crippen LogP contribution in [0.15, 0.2) is 55.4 Å². The van der Waals surface area contributed by atoms with Gasteiger partial charge in [0.15, 0.2) is 0 Å². The number of nitrogens with one attached hydrogen (secondary N) is 1. The van der Waals surface area contributed by atoms with E-state index in [1.54, 1.807) is 0 Å². The number of fused-ring (bicyclic) bond motifs is 1. The third-order valence-electron chi connectivity index (χ3n) is 3.40. The summed E-state index contributed by atoms with van der Waals surface area (Å²) in [6, 6.07) is 8.94. The summed E-state index contributed by atoms with van der Waals surface area (Å²) in [5, 5.41) is 5.96. The molecule has 3 aromatic rings. The van der Waals surface area contributed by atoms with Crippen molar-refractivity contribution < 1.29 is 0 Å². The van der Waals surface area contributed by atoms with Gasteiger partial charge in [-0.25, -0.2) is 4.98 Å². The molecule has 0 amide bonds. The highest BCUT2D eigenvalue weighted by molar-refractivity contribution is 5.81. The van der Waals surface area contributed by atoms with Crippen molar-refractivity contribution in [3.05, 3.63) is 60.9 Å². The van der Waals surface area contributed by atoms with Crippen LogP contribution >= 0.6 is 0 Å². The molecule has 4 nitrogen and oxygen atoms in total. The van der Waals surface area contributed by atoms with Crippen LogP contribution < -0.4 is 5.32 Å². The molecule has 0 aliphatic heterocycles. The molecule has 2 heterocycles. The van der Waals surface area contributed by atoms with E-state index in [0.717, 1.165) is 13.1 Å². The van der Waals surface area contributed by atoms with Crippen molar-refractivity contribution in [2.24, 2.45) is 0 Å². The van der Waals surface area contributed by atoms with Crippen LogP contribution in [0, 0.1) is 0 Å². The van der Waals surface area contributed by atoms with Crippen molar-refractivity contribution in [3.8, 4) is 0 Å². The molecular formula is C16H18N4. The lowest BCUT2D eigenvalue weighted by atomic mass is 10.1. The molecule has 102 valence electrons. The van der Waals surface area contributed by atoms with E-state index in [0.29, 0.717) is 6.04 Å². The summed E-state index contributed by atoms with van der Waals surface area (Å²) in [4.78, 5) is 8.19. The fourth-order valence-corrected chi connectivity index (χ4v) is 2.31. The van der Waals surface area contributed by atoms with Gasteiger partial charge in [0, 0.05) is 49.3 Å². The van der Waals surface area contributed by atoms with Crippen molar-refractivity contribution in [2.45, 2.75) is 26.1 Å². The lowest BCUT2D eigenvalue weighted by Gasteiger charge is -2.14. The van der Waals surface area contributed by atoms with Crippen LogP contribution in [0.1, 0.15) is 12.5 Å². The zero-order valence-electron chi connectivity index (χ0n) is 11.5.